The van der Waals surface area contributed by atoms with Gasteiger partial charge in [0, 0.05) is 18.6 Å². The molecule has 0 aliphatic rings. The second-order valence-corrected chi connectivity index (χ2v) is 4.73. The van der Waals surface area contributed by atoms with Crippen LogP contribution in [0.5, 0.6) is 11.5 Å². The summed E-state index contributed by atoms with van der Waals surface area (Å²) >= 11 is 0. The van der Waals surface area contributed by atoms with E-state index in [0.717, 1.165) is 0 Å². The topological polar surface area (TPSA) is 98.9 Å². The number of para-hydroxylation sites is 2. The van der Waals surface area contributed by atoms with Crippen LogP contribution in [0, 0.1) is 10.1 Å². The van der Waals surface area contributed by atoms with E-state index in [9.17, 15) is 20.0 Å². The van der Waals surface area contributed by atoms with Crippen molar-refractivity contribution < 1.29 is 24.3 Å². The molecular formula is C16H15NO6. The number of aliphatic carboxylic acids is 1. The van der Waals surface area contributed by atoms with Gasteiger partial charge in [0.15, 0.2) is 17.6 Å². The molecule has 0 radical (unpaired) electrons. The number of nitro groups is 1. The molecule has 0 fully saturated rings. The van der Waals surface area contributed by atoms with Crippen LogP contribution in [-0.4, -0.2) is 29.2 Å². The van der Waals surface area contributed by atoms with Crippen LogP contribution < -0.4 is 9.47 Å². The average molecular weight is 317 g/mol. The maximum Gasteiger partial charge on any atom is 0.345 e. The van der Waals surface area contributed by atoms with Crippen LogP contribution in [0.3, 0.4) is 0 Å². The van der Waals surface area contributed by atoms with Gasteiger partial charge in [0.1, 0.15) is 0 Å². The van der Waals surface area contributed by atoms with Crippen molar-refractivity contribution >= 4 is 11.7 Å². The van der Waals surface area contributed by atoms with Gasteiger partial charge in [-0.15, -0.1) is 0 Å². The van der Waals surface area contributed by atoms with Gasteiger partial charge in [-0.3, -0.25) is 10.1 Å². The fraction of sp³-hybridized carbons (Fsp3) is 0.188. The van der Waals surface area contributed by atoms with Crippen molar-refractivity contribution in [2.75, 3.05) is 7.11 Å². The number of hydrogen-bond acceptors (Lipinski definition) is 5. The standard InChI is InChI=1S/C16H15NO6/c1-22-13-7-2-3-8-14(13)23-15(16(18)19)10-11-5-4-6-12(9-11)17(20)21/h2-9,15H,10H2,1H3,(H,18,19)/t15-/m1/s1. The molecule has 7 nitrogen and oxygen atoms in total. The Morgan fingerprint density at radius 1 is 1.22 bits per heavy atom. The molecular weight excluding hydrogens is 302 g/mol. The molecule has 7 heteroatoms. The molecule has 2 rings (SSSR count). The van der Waals surface area contributed by atoms with Crippen LogP contribution in [0.2, 0.25) is 0 Å². The minimum absolute atomic E-state index is 0.00490. The number of rotatable bonds is 7. The van der Waals surface area contributed by atoms with Gasteiger partial charge in [0.2, 0.25) is 0 Å². The lowest BCUT2D eigenvalue weighted by Gasteiger charge is -2.17. The van der Waals surface area contributed by atoms with Crippen molar-refractivity contribution in [2.24, 2.45) is 0 Å². The van der Waals surface area contributed by atoms with Gasteiger partial charge in [0.05, 0.1) is 12.0 Å². The summed E-state index contributed by atoms with van der Waals surface area (Å²) in [5, 5.41) is 20.1. The molecule has 0 bridgehead atoms. The maximum absolute atomic E-state index is 11.4. The number of benzene rings is 2. The Balaban J connectivity index is 2.21. The normalized spacial score (nSPS) is 11.5. The SMILES string of the molecule is COc1ccccc1O[C@H](Cc1cccc([N+](=O)[O-])c1)C(=O)O. The summed E-state index contributed by atoms with van der Waals surface area (Å²) in [6.45, 7) is 0. The molecule has 1 N–H and O–H groups in total. The number of carbonyl (C=O) groups is 1. The largest absolute Gasteiger partial charge is 0.493 e. The summed E-state index contributed by atoms with van der Waals surface area (Å²) in [4.78, 5) is 21.7. The zero-order valence-corrected chi connectivity index (χ0v) is 12.3. The van der Waals surface area contributed by atoms with Gasteiger partial charge in [-0.2, -0.15) is 0 Å². The van der Waals surface area contributed by atoms with Crippen LogP contribution in [0.1, 0.15) is 5.56 Å². The van der Waals surface area contributed by atoms with E-state index in [4.69, 9.17) is 9.47 Å². The Kier molecular flexibility index (Phi) is 5.14. The highest BCUT2D eigenvalue weighted by molar-refractivity contribution is 5.73. The Bertz CT molecular complexity index is 715. The van der Waals surface area contributed by atoms with Crippen LogP contribution in [0.25, 0.3) is 0 Å². The van der Waals surface area contributed by atoms with Crippen molar-refractivity contribution in [3.63, 3.8) is 0 Å². The van der Waals surface area contributed by atoms with Crippen LogP contribution in [-0.2, 0) is 11.2 Å². The highest BCUT2D eigenvalue weighted by Gasteiger charge is 2.22. The highest BCUT2D eigenvalue weighted by atomic mass is 16.6. The molecule has 120 valence electrons. The Hall–Kier alpha value is -3.09. The van der Waals surface area contributed by atoms with Gasteiger partial charge in [-0.25, -0.2) is 4.79 Å². The third-order valence-corrected chi connectivity index (χ3v) is 3.16. The minimum Gasteiger partial charge on any atom is -0.493 e. The summed E-state index contributed by atoms with van der Waals surface area (Å²) in [6.07, 6.45) is -1.19. The summed E-state index contributed by atoms with van der Waals surface area (Å²) in [5.41, 5.74) is 0.408. The van der Waals surface area contributed by atoms with Gasteiger partial charge in [-0.1, -0.05) is 24.3 Å². The molecule has 23 heavy (non-hydrogen) atoms. The third-order valence-electron chi connectivity index (χ3n) is 3.16. The Morgan fingerprint density at radius 3 is 2.52 bits per heavy atom. The molecule has 1 atom stereocenters. The first-order valence-electron chi connectivity index (χ1n) is 6.77. The fourth-order valence-corrected chi connectivity index (χ4v) is 2.06. The molecule has 0 spiro atoms. The van der Waals surface area contributed by atoms with Gasteiger partial charge < -0.3 is 14.6 Å². The highest BCUT2D eigenvalue weighted by Crippen LogP contribution is 2.27. The first-order valence-corrected chi connectivity index (χ1v) is 6.77. The van der Waals surface area contributed by atoms with E-state index < -0.39 is 17.0 Å². The van der Waals surface area contributed by atoms with Crippen molar-refractivity contribution in [1.82, 2.24) is 0 Å². The van der Waals surface area contributed by atoms with E-state index in [1.165, 1.54) is 25.3 Å². The number of carboxylic acids is 1. The van der Waals surface area contributed by atoms with E-state index in [1.807, 2.05) is 0 Å². The third kappa shape index (κ3) is 4.19. The first-order chi connectivity index (χ1) is 11.0. The summed E-state index contributed by atoms with van der Waals surface area (Å²) < 4.78 is 10.6. The second-order valence-electron chi connectivity index (χ2n) is 4.73. The number of hydrogen-bond donors (Lipinski definition) is 1. The number of nitro benzene ring substituents is 1. The number of methoxy groups -OCH3 is 1. The number of nitrogens with zero attached hydrogens (tertiary/aromatic N) is 1. The molecule has 2 aromatic carbocycles. The number of carboxylic acid groups (broad SMARTS) is 1. The smallest absolute Gasteiger partial charge is 0.345 e. The second kappa shape index (κ2) is 7.26. The molecule has 0 aliphatic heterocycles. The molecule has 0 saturated heterocycles. The first kappa shape index (κ1) is 16.3. The predicted molar refractivity (Wildman–Crippen MR) is 81.8 cm³/mol. The van der Waals surface area contributed by atoms with E-state index in [-0.39, 0.29) is 12.1 Å². The molecule has 0 heterocycles. The average Bonchev–Trinajstić information content (AvgIpc) is 2.54. The molecule has 0 amide bonds. The fourth-order valence-electron chi connectivity index (χ4n) is 2.06. The zero-order valence-electron chi connectivity index (χ0n) is 12.3. The molecule has 0 aliphatic carbocycles. The van der Waals surface area contributed by atoms with E-state index in [0.29, 0.717) is 17.1 Å². The van der Waals surface area contributed by atoms with Gasteiger partial charge in [0.25, 0.3) is 5.69 Å². The maximum atomic E-state index is 11.4. The van der Waals surface area contributed by atoms with Crippen LogP contribution >= 0.6 is 0 Å². The van der Waals surface area contributed by atoms with E-state index in [1.54, 1.807) is 30.3 Å². The summed E-state index contributed by atoms with van der Waals surface area (Å²) in [5.74, 6) is -0.451. The van der Waals surface area contributed by atoms with Crippen molar-refractivity contribution in [2.45, 2.75) is 12.5 Å². The van der Waals surface area contributed by atoms with Crippen molar-refractivity contribution in [3.05, 3.63) is 64.2 Å². The van der Waals surface area contributed by atoms with Crippen molar-refractivity contribution in [1.29, 1.82) is 0 Å². The van der Waals surface area contributed by atoms with E-state index in [2.05, 4.69) is 0 Å². The Labute approximate surface area is 132 Å². The molecule has 2 aromatic rings. The monoisotopic (exact) mass is 317 g/mol. The lowest BCUT2D eigenvalue weighted by Crippen LogP contribution is -2.29. The predicted octanol–water partition coefficient (Wildman–Crippen LogP) is 2.68. The van der Waals surface area contributed by atoms with E-state index >= 15 is 0 Å². The number of ether oxygens (including phenoxy) is 2. The van der Waals surface area contributed by atoms with Gasteiger partial charge >= 0.3 is 5.97 Å². The number of non-ortho nitro benzene ring substituents is 1. The lowest BCUT2D eigenvalue weighted by atomic mass is 10.1. The molecule has 0 aromatic heterocycles. The van der Waals surface area contributed by atoms with Crippen molar-refractivity contribution in [3.8, 4) is 11.5 Å². The minimum atomic E-state index is -1.19. The quantitative estimate of drug-likeness (QED) is 0.622. The zero-order chi connectivity index (χ0) is 16.8. The molecule has 0 unspecified atom stereocenters. The summed E-state index contributed by atoms with van der Waals surface area (Å²) in [7, 11) is 1.46. The van der Waals surface area contributed by atoms with Gasteiger partial charge in [-0.05, 0) is 17.7 Å². The van der Waals surface area contributed by atoms with Crippen LogP contribution in [0.15, 0.2) is 48.5 Å². The Morgan fingerprint density at radius 2 is 1.91 bits per heavy atom. The molecule has 0 saturated carbocycles. The lowest BCUT2D eigenvalue weighted by molar-refractivity contribution is -0.384. The summed E-state index contributed by atoms with van der Waals surface area (Å²) in [6, 6.07) is 12.5. The van der Waals surface area contributed by atoms with Crippen LogP contribution in [0.4, 0.5) is 5.69 Å².